The Bertz CT molecular complexity index is 925. The molecular weight excluding hydrogens is 444 g/mol. The van der Waals surface area contributed by atoms with Gasteiger partial charge in [-0.15, -0.1) is 0 Å². The number of nitro benzene ring substituents is 1. The van der Waals surface area contributed by atoms with Crippen molar-refractivity contribution in [2.24, 2.45) is 0 Å². The van der Waals surface area contributed by atoms with E-state index in [-0.39, 0.29) is 37.0 Å². The number of hydrogen-bond acceptors (Lipinski definition) is 6. The summed E-state index contributed by atoms with van der Waals surface area (Å²) in [5.74, 6) is -1.75. The van der Waals surface area contributed by atoms with Gasteiger partial charge in [0.2, 0.25) is 0 Å². The van der Waals surface area contributed by atoms with Crippen LogP contribution < -0.4 is 11.1 Å². The lowest BCUT2D eigenvalue weighted by atomic mass is 10.2. The molecule has 0 aromatic heterocycles. The molecule has 12 heteroatoms. The lowest BCUT2D eigenvalue weighted by Crippen LogP contribution is -2.21. The van der Waals surface area contributed by atoms with Crippen LogP contribution in [0.5, 0.6) is 0 Å². The molecule has 8 nitrogen and oxygen atoms in total. The van der Waals surface area contributed by atoms with Crippen LogP contribution >= 0.6 is 46.4 Å². The first-order valence-corrected chi connectivity index (χ1v) is 8.47. The van der Waals surface area contributed by atoms with Crippen LogP contribution in [0.1, 0.15) is 10.4 Å². The van der Waals surface area contributed by atoms with Crippen molar-refractivity contribution in [3.05, 3.63) is 60.0 Å². The number of halogens is 4. The van der Waals surface area contributed by atoms with Gasteiger partial charge in [0, 0.05) is 6.07 Å². The van der Waals surface area contributed by atoms with Crippen molar-refractivity contribution in [2.45, 2.75) is 0 Å². The number of anilines is 2. The van der Waals surface area contributed by atoms with Crippen molar-refractivity contribution in [1.82, 2.24) is 0 Å². The van der Waals surface area contributed by atoms with Gasteiger partial charge < -0.3 is 15.8 Å². The van der Waals surface area contributed by atoms with E-state index in [1.54, 1.807) is 0 Å². The first-order chi connectivity index (χ1) is 12.6. The average molecular weight is 453 g/mol. The van der Waals surface area contributed by atoms with Gasteiger partial charge >= 0.3 is 5.97 Å². The minimum absolute atomic E-state index is 0.0417. The number of nitrogen functional groups attached to an aromatic ring is 1. The molecule has 1 amide bonds. The van der Waals surface area contributed by atoms with E-state index in [0.717, 1.165) is 6.07 Å². The molecule has 0 heterocycles. The minimum Gasteiger partial charge on any atom is -0.452 e. The van der Waals surface area contributed by atoms with Crippen LogP contribution in [-0.4, -0.2) is 23.4 Å². The lowest BCUT2D eigenvalue weighted by Gasteiger charge is -2.12. The Hall–Kier alpha value is -2.26. The quantitative estimate of drug-likeness (QED) is 0.225. The highest BCUT2D eigenvalue weighted by Crippen LogP contribution is 2.40. The number of benzene rings is 2. The number of nitro groups is 1. The second-order valence-electron chi connectivity index (χ2n) is 5.00. The molecule has 0 aliphatic rings. The summed E-state index contributed by atoms with van der Waals surface area (Å²) in [5, 5.41) is 13.2. The Morgan fingerprint density at radius 1 is 1.11 bits per heavy atom. The van der Waals surface area contributed by atoms with E-state index in [1.165, 1.54) is 18.2 Å². The normalized spacial score (nSPS) is 10.4. The van der Waals surface area contributed by atoms with Crippen LogP contribution in [0.2, 0.25) is 20.1 Å². The first kappa shape index (κ1) is 21.0. The summed E-state index contributed by atoms with van der Waals surface area (Å²) in [4.78, 5) is 34.1. The maximum absolute atomic E-state index is 12.0. The summed E-state index contributed by atoms with van der Waals surface area (Å²) < 4.78 is 4.81. The van der Waals surface area contributed by atoms with E-state index >= 15 is 0 Å². The molecule has 0 atom stereocenters. The molecule has 3 N–H and O–H groups in total. The van der Waals surface area contributed by atoms with Gasteiger partial charge in [0.1, 0.15) is 5.69 Å². The molecule has 142 valence electrons. The Morgan fingerprint density at radius 2 is 1.70 bits per heavy atom. The molecule has 0 saturated heterocycles. The Kier molecular flexibility index (Phi) is 6.72. The van der Waals surface area contributed by atoms with E-state index in [1.807, 2.05) is 0 Å². The molecule has 0 unspecified atom stereocenters. The maximum Gasteiger partial charge on any atom is 0.338 e. The zero-order valence-electron chi connectivity index (χ0n) is 13.1. The van der Waals surface area contributed by atoms with Gasteiger partial charge in [-0.25, -0.2) is 4.79 Å². The van der Waals surface area contributed by atoms with Gasteiger partial charge in [0.15, 0.2) is 6.61 Å². The standard InChI is InChI=1S/C15H9Cl4N3O5/c16-7-4-8(17)13(19)14(12(7)18)21-11(23)5-27-15(24)6-1-2-9(20)10(3-6)22(25)26/h1-4H,5,20H2,(H,21,23). The number of rotatable bonds is 5. The number of nitrogens with two attached hydrogens (primary N) is 1. The Balaban J connectivity index is 2.08. The maximum atomic E-state index is 12.0. The summed E-state index contributed by atoms with van der Waals surface area (Å²) in [6.07, 6.45) is 0. The van der Waals surface area contributed by atoms with Crippen LogP contribution in [0.25, 0.3) is 0 Å². The SMILES string of the molecule is Nc1ccc(C(=O)OCC(=O)Nc2c(Cl)c(Cl)cc(Cl)c2Cl)cc1[N+](=O)[O-]. The Labute approximate surface area is 172 Å². The molecule has 0 aliphatic heterocycles. The summed E-state index contributed by atoms with van der Waals surface area (Å²) in [7, 11) is 0. The van der Waals surface area contributed by atoms with Crippen molar-refractivity contribution in [3.63, 3.8) is 0 Å². The first-order valence-electron chi connectivity index (χ1n) is 6.95. The third-order valence-electron chi connectivity index (χ3n) is 3.17. The predicted octanol–water partition coefficient (Wildman–Crippen LogP) is 4.59. The number of nitrogens with zero attached hydrogens (tertiary/aromatic N) is 1. The second-order valence-corrected chi connectivity index (χ2v) is 6.57. The lowest BCUT2D eigenvalue weighted by molar-refractivity contribution is -0.383. The highest BCUT2D eigenvalue weighted by atomic mass is 35.5. The highest BCUT2D eigenvalue weighted by molar-refractivity contribution is 6.50. The number of ether oxygens (including phenoxy) is 1. The number of carbonyl (C=O) groups is 2. The van der Waals surface area contributed by atoms with Crippen LogP contribution in [0.3, 0.4) is 0 Å². The predicted molar refractivity (Wildman–Crippen MR) is 103 cm³/mol. The topological polar surface area (TPSA) is 125 Å². The minimum atomic E-state index is -0.963. The molecule has 0 spiro atoms. The molecule has 0 aliphatic carbocycles. The fraction of sp³-hybridized carbons (Fsp3) is 0.0667. The third kappa shape index (κ3) is 4.92. The third-order valence-corrected chi connectivity index (χ3v) is 4.75. The fourth-order valence-corrected chi connectivity index (χ4v) is 2.81. The van der Waals surface area contributed by atoms with E-state index in [2.05, 4.69) is 5.32 Å². The molecule has 2 aromatic carbocycles. The Morgan fingerprint density at radius 3 is 2.26 bits per heavy atom. The molecule has 2 rings (SSSR count). The van der Waals surface area contributed by atoms with Crippen LogP contribution in [0, 0.1) is 10.1 Å². The van der Waals surface area contributed by atoms with Gasteiger partial charge in [-0.05, 0) is 18.2 Å². The summed E-state index contributed by atoms with van der Waals surface area (Å²) in [5.41, 5.74) is 4.69. The zero-order valence-corrected chi connectivity index (χ0v) is 16.1. The zero-order chi connectivity index (χ0) is 20.3. The van der Waals surface area contributed by atoms with Gasteiger partial charge in [-0.1, -0.05) is 46.4 Å². The fourth-order valence-electron chi connectivity index (χ4n) is 1.90. The van der Waals surface area contributed by atoms with Gasteiger partial charge in [0.25, 0.3) is 11.6 Å². The monoisotopic (exact) mass is 451 g/mol. The van der Waals surface area contributed by atoms with Crippen molar-refractivity contribution in [2.75, 3.05) is 17.7 Å². The molecule has 0 bridgehead atoms. The largest absolute Gasteiger partial charge is 0.452 e. The van der Waals surface area contributed by atoms with Crippen LogP contribution in [0.4, 0.5) is 17.1 Å². The molecule has 0 fully saturated rings. The molecule has 27 heavy (non-hydrogen) atoms. The van der Waals surface area contributed by atoms with Crippen LogP contribution in [-0.2, 0) is 9.53 Å². The van der Waals surface area contributed by atoms with Crippen molar-refractivity contribution in [1.29, 1.82) is 0 Å². The van der Waals surface area contributed by atoms with Gasteiger partial charge in [-0.2, -0.15) is 0 Å². The molecular formula is C15H9Cl4N3O5. The van der Waals surface area contributed by atoms with E-state index < -0.39 is 29.1 Å². The van der Waals surface area contributed by atoms with E-state index in [0.29, 0.717) is 0 Å². The number of esters is 1. The van der Waals surface area contributed by atoms with Crippen LogP contribution in [0.15, 0.2) is 24.3 Å². The van der Waals surface area contributed by atoms with Gasteiger partial charge in [0.05, 0.1) is 36.3 Å². The number of carbonyl (C=O) groups excluding carboxylic acids is 2. The van der Waals surface area contributed by atoms with E-state index in [4.69, 9.17) is 56.9 Å². The van der Waals surface area contributed by atoms with Crippen molar-refractivity contribution < 1.29 is 19.2 Å². The van der Waals surface area contributed by atoms with E-state index in [9.17, 15) is 19.7 Å². The summed E-state index contributed by atoms with van der Waals surface area (Å²) >= 11 is 23.6. The average Bonchev–Trinajstić information content (AvgIpc) is 2.61. The summed E-state index contributed by atoms with van der Waals surface area (Å²) in [6.45, 7) is -0.714. The summed E-state index contributed by atoms with van der Waals surface area (Å²) in [6, 6.07) is 4.66. The van der Waals surface area contributed by atoms with Crippen molar-refractivity contribution in [3.8, 4) is 0 Å². The number of amides is 1. The van der Waals surface area contributed by atoms with Crippen molar-refractivity contribution >= 4 is 75.3 Å². The number of nitrogens with one attached hydrogen (secondary N) is 1. The molecule has 0 radical (unpaired) electrons. The number of hydrogen-bond donors (Lipinski definition) is 2. The highest BCUT2D eigenvalue weighted by Gasteiger charge is 2.19. The second kappa shape index (κ2) is 8.62. The molecule has 0 saturated carbocycles. The molecule has 2 aromatic rings. The smallest absolute Gasteiger partial charge is 0.338 e. The van der Waals surface area contributed by atoms with Gasteiger partial charge in [-0.3, -0.25) is 14.9 Å².